The third kappa shape index (κ3) is 3.96. The minimum absolute atomic E-state index is 0.408. The molecule has 136 valence electrons. The first-order chi connectivity index (χ1) is 12.3. The highest BCUT2D eigenvalue weighted by Gasteiger charge is 2.25. The van der Waals surface area contributed by atoms with Crippen LogP contribution in [0.15, 0.2) is 12.2 Å². The maximum Gasteiger partial charge on any atom is 0.222 e. The molecule has 0 saturated carbocycles. The fourth-order valence-corrected chi connectivity index (χ4v) is 4.25. The predicted octanol–water partition coefficient (Wildman–Crippen LogP) is 1.65. The minimum Gasteiger partial charge on any atom is -0.378 e. The van der Waals surface area contributed by atoms with Crippen LogP contribution in [0.3, 0.4) is 0 Å². The molecular formula is C19H29N5O. The Labute approximate surface area is 150 Å². The van der Waals surface area contributed by atoms with Gasteiger partial charge in [0, 0.05) is 44.7 Å². The Kier molecular flexibility index (Phi) is 5.17. The van der Waals surface area contributed by atoms with Crippen molar-refractivity contribution >= 4 is 11.8 Å². The lowest BCUT2D eigenvalue weighted by Gasteiger charge is -2.30. The molecule has 2 N–H and O–H groups in total. The van der Waals surface area contributed by atoms with Crippen LogP contribution in [0.2, 0.25) is 0 Å². The number of hydrogen-bond donors (Lipinski definition) is 1. The normalized spacial score (nSPS) is 24.8. The Morgan fingerprint density at radius 1 is 1.08 bits per heavy atom. The number of allylic oxidation sites excluding steroid dienone is 2. The van der Waals surface area contributed by atoms with Gasteiger partial charge in [0.05, 0.1) is 18.9 Å². The number of fused-ring (bicyclic) bond motifs is 1. The van der Waals surface area contributed by atoms with Gasteiger partial charge in [0.1, 0.15) is 5.82 Å². The number of rotatable bonds is 3. The summed E-state index contributed by atoms with van der Waals surface area (Å²) in [5.41, 5.74) is 8.48. The lowest BCUT2D eigenvalue weighted by Crippen LogP contribution is -2.38. The van der Waals surface area contributed by atoms with Crippen LogP contribution in [0.1, 0.15) is 30.5 Å². The van der Waals surface area contributed by atoms with E-state index in [9.17, 15) is 0 Å². The van der Waals surface area contributed by atoms with E-state index in [-0.39, 0.29) is 0 Å². The molecule has 6 heteroatoms. The number of anilines is 2. The lowest BCUT2D eigenvalue weighted by molar-refractivity contribution is 0.122. The smallest absolute Gasteiger partial charge is 0.222 e. The van der Waals surface area contributed by atoms with Crippen molar-refractivity contribution in [3.63, 3.8) is 0 Å². The lowest BCUT2D eigenvalue weighted by atomic mass is 9.94. The second kappa shape index (κ2) is 7.70. The van der Waals surface area contributed by atoms with Crippen molar-refractivity contribution < 1.29 is 4.74 Å². The molecule has 6 nitrogen and oxygen atoms in total. The first kappa shape index (κ1) is 16.8. The van der Waals surface area contributed by atoms with Gasteiger partial charge in [0.25, 0.3) is 0 Å². The molecule has 0 bridgehead atoms. The van der Waals surface area contributed by atoms with Crippen LogP contribution in [-0.2, 0) is 17.6 Å². The highest BCUT2D eigenvalue weighted by molar-refractivity contribution is 5.53. The molecular weight excluding hydrogens is 314 g/mol. The summed E-state index contributed by atoms with van der Waals surface area (Å²) >= 11 is 0. The number of ether oxygens (including phenoxy) is 1. The molecule has 3 heterocycles. The topological polar surface area (TPSA) is 67.5 Å². The molecule has 0 amide bonds. The van der Waals surface area contributed by atoms with Crippen molar-refractivity contribution in [1.29, 1.82) is 0 Å². The highest BCUT2D eigenvalue weighted by atomic mass is 16.5. The molecule has 1 atom stereocenters. The van der Waals surface area contributed by atoms with Gasteiger partial charge in [0.2, 0.25) is 5.95 Å². The molecule has 4 rings (SSSR count). The van der Waals surface area contributed by atoms with E-state index in [1.165, 1.54) is 31.4 Å². The Hall–Kier alpha value is -1.66. The standard InChI is InChI=1S/C19H29N5O/c20-19-21-17-7-9-23(14-15-4-2-1-3-5-15)8-6-16(17)18(22-19)24-10-12-25-13-11-24/h1-2,15H,3-14H2,(H2,20,21,22)/t15-/m0/s1. The van der Waals surface area contributed by atoms with Crippen molar-refractivity contribution in [2.75, 3.05) is 56.6 Å². The summed E-state index contributed by atoms with van der Waals surface area (Å²) in [6, 6.07) is 0. The van der Waals surface area contributed by atoms with Gasteiger partial charge in [-0.05, 0) is 31.6 Å². The Bertz CT molecular complexity index is 626. The van der Waals surface area contributed by atoms with E-state index in [4.69, 9.17) is 10.5 Å². The maximum atomic E-state index is 6.02. The van der Waals surface area contributed by atoms with E-state index in [2.05, 4.69) is 31.9 Å². The maximum absolute atomic E-state index is 6.02. The number of morpholine rings is 1. The number of nitrogen functional groups attached to an aromatic ring is 1. The van der Waals surface area contributed by atoms with Crippen LogP contribution in [0.4, 0.5) is 11.8 Å². The van der Waals surface area contributed by atoms with Crippen molar-refractivity contribution in [1.82, 2.24) is 14.9 Å². The third-order valence-corrected chi connectivity index (χ3v) is 5.64. The van der Waals surface area contributed by atoms with Crippen LogP contribution in [-0.4, -0.2) is 60.8 Å². The third-order valence-electron chi connectivity index (χ3n) is 5.64. The largest absolute Gasteiger partial charge is 0.378 e. The van der Waals surface area contributed by atoms with E-state index in [1.807, 2.05) is 0 Å². The van der Waals surface area contributed by atoms with Crippen LogP contribution >= 0.6 is 0 Å². The monoisotopic (exact) mass is 343 g/mol. The summed E-state index contributed by atoms with van der Waals surface area (Å²) in [5.74, 6) is 2.26. The zero-order valence-electron chi connectivity index (χ0n) is 15.0. The fraction of sp³-hybridized carbons (Fsp3) is 0.684. The summed E-state index contributed by atoms with van der Waals surface area (Å²) in [5, 5.41) is 0. The zero-order valence-corrected chi connectivity index (χ0v) is 15.0. The molecule has 0 spiro atoms. The molecule has 1 fully saturated rings. The number of aromatic nitrogens is 2. The molecule has 0 unspecified atom stereocenters. The van der Waals surface area contributed by atoms with Gasteiger partial charge in [-0.15, -0.1) is 0 Å². The van der Waals surface area contributed by atoms with E-state index >= 15 is 0 Å². The second-order valence-corrected chi connectivity index (χ2v) is 7.38. The summed E-state index contributed by atoms with van der Waals surface area (Å²) in [7, 11) is 0. The number of hydrogen-bond acceptors (Lipinski definition) is 6. The van der Waals surface area contributed by atoms with Gasteiger partial charge in [-0.25, -0.2) is 4.98 Å². The Morgan fingerprint density at radius 2 is 1.92 bits per heavy atom. The first-order valence-corrected chi connectivity index (χ1v) is 9.65. The van der Waals surface area contributed by atoms with Gasteiger partial charge in [-0.2, -0.15) is 4.98 Å². The molecule has 1 saturated heterocycles. The average Bonchev–Trinajstić information content (AvgIpc) is 2.85. The van der Waals surface area contributed by atoms with Gasteiger partial charge >= 0.3 is 0 Å². The van der Waals surface area contributed by atoms with Crippen molar-refractivity contribution in [2.24, 2.45) is 5.92 Å². The van der Waals surface area contributed by atoms with Gasteiger partial charge in [0.15, 0.2) is 0 Å². The molecule has 1 aromatic rings. The van der Waals surface area contributed by atoms with Crippen LogP contribution in [0.5, 0.6) is 0 Å². The zero-order chi connectivity index (χ0) is 17.1. The molecule has 0 aromatic carbocycles. The molecule has 1 aliphatic carbocycles. The van der Waals surface area contributed by atoms with Crippen molar-refractivity contribution in [3.05, 3.63) is 23.4 Å². The molecule has 1 aromatic heterocycles. The molecule has 0 radical (unpaired) electrons. The van der Waals surface area contributed by atoms with Crippen LogP contribution in [0.25, 0.3) is 0 Å². The minimum atomic E-state index is 0.408. The summed E-state index contributed by atoms with van der Waals surface area (Å²) in [4.78, 5) is 14.1. The quantitative estimate of drug-likeness (QED) is 0.842. The van der Waals surface area contributed by atoms with Crippen molar-refractivity contribution in [3.8, 4) is 0 Å². The Morgan fingerprint density at radius 3 is 2.72 bits per heavy atom. The molecule has 25 heavy (non-hydrogen) atoms. The summed E-state index contributed by atoms with van der Waals surface area (Å²) in [6.07, 6.45) is 10.5. The van der Waals surface area contributed by atoms with E-state index in [1.54, 1.807) is 0 Å². The Balaban J connectivity index is 1.49. The first-order valence-electron chi connectivity index (χ1n) is 9.65. The van der Waals surface area contributed by atoms with E-state index in [0.29, 0.717) is 5.95 Å². The number of nitrogens with zero attached hydrogens (tertiary/aromatic N) is 4. The van der Waals surface area contributed by atoms with Crippen molar-refractivity contribution in [2.45, 2.75) is 32.1 Å². The van der Waals surface area contributed by atoms with E-state index in [0.717, 1.165) is 69.7 Å². The molecule has 2 aliphatic heterocycles. The van der Waals surface area contributed by atoms with E-state index < -0.39 is 0 Å². The van der Waals surface area contributed by atoms with Gasteiger partial charge in [-0.1, -0.05) is 12.2 Å². The summed E-state index contributed by atoms with van der Waals surface area (Å²) < 4.78 is 5.49. The second-order valence-electron chi connectivity index (χ2n) is 7.38. The average molecular weight is 343 g/mol. The van der Waals surface area contributed by atoms with Gasteiger partial charge < -0.3 is 20.3 Å². The summed E-state index contributed by atoms with van der Waals surface area (Å²) in [6.45, 7) is 6.68. The molecule has 3 aliphatic rings. The number of nitrogens with two attached hydrogens (primary N) is 1. The predicted molar refractivity (Wildman–Crippen MR) is 99.8 cm³/mol. The highest BCUT2D eigenvalue weighted by Crippen LogP contribution is 2.27. The van der Waals surface area contributed by atoms with Gasteiger partial charge in [-0.3, -0.25) is 0 Å². The van der Waals surface area contributed by atoms with Crippen LogP contribution < -0.4 is 10.6 Å². The SMILES string of the molecule is Nc1nc2c(c(N3CCOCC3)n1)CCN(C[C@H]1CC=CCC1)CC2. The van der Waals surface area contributed by atoms with Crippen LogP contribution in [0, 0.1) is 5.92 Å². The fourth-order valence-electron chi connectivity index (χ4n) is 4.25.